The second-order valence-corrected chi connectivity index (χ2v) is 7.88. The molecule has 1 heterocycles. The van der Waals surface area contributed by atoms with E-state index in [1.165, 1.54) is 20.8 Å². The van der Waals surface area contributed by atoms with Gasteiger partial charge in [0.25, 0.3) is 0 Å². The van der Waals surface area contributed by atoms with Crippen molar-refractivity contribution in [3.63, 3.8) is 0 Å². The van der Waals surface area contributed by atoms with Gasteiger partial charge in [-0.3, -0.25) is 0 Å². The molecule has 0 aliphatic carbocycles. The predicted molar refractivity (Wildman–Crippen MR) is 111 cm³/mol. The molecule has 1 N–H and O–H groups in total. The number of anilines is 2. The van der Waals surface area contributed by atoms with E-state index in [1.807, 2.05) is 0 Å². The summed E-state index contributed by atoms with van der Waals surface area (Å²) in [6, 6.07) is 7.28. The Hall–Kier alpha value is -3.95. The lowest BCUT2D eigenvalue weighted by atomic mass is 10.0. The smallest absolute Gasteiger partial charge is 0.420 e. The number of hydrogen-bond acceptors (Lipinski definition) is 4. The van der Waals surface area contributed by atoms with Crippen molar-refractivity contribution in [2.24, 2.45) is 0 Å². The summed E-state index contributed by atoms with van der Waals surface area (Å²) >= 11 is 0. The molecule has 172 valence electrons. The molecule has 3 rings (SSSR count). The molecule has 0 unspecified atom stereocenters. The van der Waals surface area contributed by atoms with Crippen LogP contribution in [0.2, 0.25) is 0 Å². The van der Waals surface area contributed by atoms with Crippen molar-refractivity contribution in [2.75, 3.05) is 4.90 Å². The van der Waals surface area contributed by atoms with Gasteiger partial charge >= 0.3 is 12.1 Å². The fourth-order valence-electron chi connectivity index (χ4n) is 2.94. The number of nitrogens with zero attached hydrogens (tertiary/aromatic N) is 2. The first kappa shape index (κ1) is 23.7. The Bertz CT molecular complexity index is 1220. The molecule has 0 radical (unpaired) electrons. The van der Waals surface area contributed by atoms with Crippen molar-refractivity contribution in [1.82, 2.24) is 4.98 Å². The molecular formula is C23H18F4N2O4. The van der Waals surface area contributed by atoms with Crippen LogP contribution in [0.5, 0.6) is 0 Å². The number of rotatable bonds is 4. The summed E-state index contributed by atoms with van der Waals surface area (Å²) in [6.07, 6.45) is -1.22. The van der Waals surface area contributed by atoms with Crippen molar-refractivity contribution in [3.8, 4) is 11.3 Å². The van der Waals surface area contributed by atoms with Gasteiger partial charge < -0.3 is 9.84 Å². The Balaban J connectivity index is 2.28. The molecule has 0 atom stereocenters. The number of benzene rings is 2. The monoisotopic (exact) mass is 462 g/mol. The molecule has 0 bridgehead atoms. The minimum Gasteiger partial charge on any atom is -0.478 e. The average Bonchev–Trinajstić information content (AvgIpc) is 2.69. The van der Waals surface area contributed by atoms with E-state index in [1.54, 1.807) is 0 Å². The second-order valence-electron chi connectivity index (χ2n) is 7.88. The van der Waals surface area contributed by atoms with Crippen LogP contribution in [0.4, 0.5) is 33.9 Å². The van der Waals surface area contributed by atoms with E-state index in [9.17, 15) is 32.3 Å². The van der Waals surface area contributed by atoms with E-state index in [4.69, 9.17) is 4.74 Å². The predicted octanol–water partition coefficient (Wildman–Crippen LogP) is 6.08. The van der Waals surface area contributed by atoms with E-state index >= 15 is 0 Å². The Kier molecular flexibility index (Phi) is 6.39. The molecule has 3 aromatic rings. The summed E-state index contributed by atoms with van der Waals surface area (Å²) in [5.41, 5.74) is -3.25. The van der Waals surface area contributed by atoms with E-state index in [-0.39, 0.29) is 0 Å². The van der Waals surface area contributed by atoms with Gasteiger partial charge in [-0.25, -0.2) is 37.0 Å². The van der Waals surface area contributed by atoms with Gasteiger partial charge in [-0.15, -0.1) is 0 Å². The van der Waals surface area contributed by atoms with Crippen LogP contribution in [0.15, 0.2) is 48.5 Å². The highest BCUT2D eigenvalue weighted by atomic mass is 19.1. The third kappa shape index (κ3) is 5.11. The molecule has 10 heteroatoms. The summed E-state index contributed by atoms with van der Waals surface area (Å²) < 4.78 is 62.3. The number of carbonyl (C=O) groups excluding carboxylic acids is 1. The van der Waals surface area contributed by atoms with Gasteiger partial charge in [-0.1, -0.05) is 6.07 Å². The first-order valence-corrected chi connectivity index (χ1v) is 9.56. The second kappa shape index (κ2) is 8.89. The van der Waals surface area contributed by atoms with Gasteiger partial charge in [-0.05, 0) is 57.2 Å². The van der Waals surface area contributed by atoms with Crippen LogP contribution in [-0.4, -0.2) is 27.8 Å². The summed E-state index contributed by atoms with van der Waals surface area (Å²) in [7, 11) is 0. The number of halogens is 4. The minimum atomic E-state index is -1.49. The van der Waals surface area contributed by atoms with Crippen LogP contribution in [0.1, 0.15) is 31.1 Å². The lowest BCUT2D eigenvalue weighted by Gasteiger charge is -2.27. The van der Waals surface area contributed by atoms with Crippen LogP contribution in [-0.2, 0) is 4.74 Å². The van der Waals surface area contributed by atoms with E-state index in [0.717, 1.165) is 42.5 Å². The largest absolute Gasteiger partial charge is 0.478 e. The standard InChI is InChI=1S/C23H18F4N2O4/c1-23(2,3)33-22(32)29(20-15(25)5-4-6-16(20)26)18-10-9-14(21(30)31)19(28-18)13-8-7-12(24)11-17(13)27/h4-11H,1-3H3,(H,30,31). The highest BCUT2D eigenvalue weighted by molar-refractivity contribution is 5.98. The lowest BCUT2D eigenvalue weighted by molar-refractivity contribution is 0.0595. The number of hydrogen-bond donors (Lipinski definition) is 1. The number of ether oxygens (including phenoxy) is 1. The zero-order chi connectivity index (χ0) is 24.5. The number of aromatic nitrogens is 1. The summed E-state index contributed by atoms with van der Waals surface area (Å²) in [4.78, 5) is 29.1. The molecule has 0 saturated heterocycles. The number of amides is 1. The SMILES string of the molecule is CC(C)(C)OC(=O)N(c1ccc(C(=O)O)c(-c2ccc(F)cc2F)n1)c1c(F)cccc1F. The van der Waals surface area contributed by atoms with Gasteiger partial charge in [0.15, 0.2) is 0 Å². The molecule has 0 aliphatic heterocycles. The number of carboxylic acid groups (broad SMARTS) is 1. The Morgan fingerprint density at radius 2 is 1.58 bits per heavy atom. The van der Waals surface area contributed by atoms with E-state index in [0.29, 0.717) is 11.0 Å². The molecular weight excluding hydrogens is 444 g/mol. The highest BCUT2D eigenvalue weighted by Crippen LogP contribution is 2.34. The summed E-state index contributed by atoms with van der Waals surface area (Å²) in [5.74, 6) is -6.22. The first-order valence-electron chi connectivity index (χ1n) is 9.56. The van der Waals surface area contributed by atoms with Crippen molar-refractivity contribution in [2.45, 2.75) is 26.4 Å². The van der Waals surface area contributed by atoms with Crippen LogP contribution in [0.25, 0.3) is 11.3 Å². The fraction of sp³-hybridized carbons (Fsp3) is 0.174. The van der Waals surface area contributed by atoms with Gasteiger partial charge in [-0.2, -0.15) is 0 Å². The highest BCUT2D eigenvalue weighted by Gasteiger charge is 2.31. The zero-order valence-corrected chi connectivity index (χ0v) is 17.7. The van der Waals surface area contributed by atoms with Crippen LogP contribution in [0.3, 0.4) is 0 Å². The van der Waals surface area contributed by atoms with Crippen molar-refractivity contribution >= 4 is 23.6 Å². The normalized spacial score (nSPS) is 11.2. The maximum absolute atomic E-state index is 14.6. The molecule has 1 amide bonds. The molecule has 0 fully saturated rings. The fourth-order valence-corrected chi connectivity index (χ4v) is 2.94. The third-order valence-corrected chi connectivity index (χ3v) is 4.26. The van der Waals surface area contributed by atoms with Crippen molar-refractivity contribution < 1.29 is 37.0 Å². The number of para-hydroxylation sites is 1. The Labute approximate surface area is 186 Å². The van der Waals surface area contributed by atoms with E-state index < -0.39 is 69.3 Å². The maximum Gasteiger partial charge on any atom is 0.420 e. The lowest BCUT2D eigenvalue weighted by Crippen LogP contribution is -2.35. The number of carbonyl (C=O) groups is 2. The molecule has 0 aliphatic rings. The number of pyridine rings is 1. The van der Waals surface area contributed by atoms with Gasteiger partial charge in [0.1, 0.15) is 40.4 Å². The molecule has 33 heavy (non-hydrogen) atoms. The molecule has 6 nitrogen and oxygen atoms in total. The summed E-state index contributed by atoms with van der Waals surface area (Å²) in [6.45, 7) is 4.59. The number of aromatic carboxylic acids is 1. The average molecular weight is 462 g/mol. The Morgan fingerprint density at radius 3 is 2.12 bits per heavy atom. The van der Waals surface area contributed by atoms with Gasteiger partial charge in [0.05, 0.1) is 11.3 Å². The van der Waals surface area contributed by atoms with Crippen molar-refractivity contribution in [1.29, 1.82) is 0 Å². The molecule has 0 spiro atoms. The molecule has 0 saturated carbocycles. The van der Waals surface area contributed by atoms with E-state index in [2.05, 4.69) is 4.98 Å². The van der Waals surface area contributed by atoms with Crippen LogP contribution in [0, 0.1) is 23.3 Å². The number of carboxylic acids is 1. The van der Waals surface area contributed by atoms with Crippen LogP contribution >= 0.6 is 0 Å². The maximum atomic E-state index is 14.6. The van der Waals surface area contributed by atoms with Crippen LogP contribution < -0.4 is 4.90 Å². The van der Waals surface area contributed by atoms with Gasteiger partial charge in [0, 0.05) is 11.6 Å². The van der Waals surface area contributed by atoms with Gasteiger partial charge in [0.2, 0.25) is 0 Å². The molecule has 1 aromatic heterocycles. The quantitative estimate of drug-likeness (QED) is 0.476. The zero-order valence-electron chi connectivity index (χ0n) is 17.7. The minimum absolute atomic E-state index is 0.395. The topological polar surface area (TPSA) is 79.7 Å². The third-order valence-electron chi connectivity index (χ3n) is 4.26. The summed E-state index contributed by atoms with van der Waals surface area (Å²) in [5, 5.41) is 9.51. The first-order chi connectivity index (χ1) is 15.4. The Morgan fingerprint density at radius 1 is 0.939 bits per heavy atom. The van der Waals surface area contributed by atoms with Crippen molar-refractivity contribution in [3.05, 3.63) is 77.4 Å². The molecule has 2 aromatic carbocycles.